The van der Waals surface area contributed by atoms with Crippen LogP contribution in [0.5, 0.6) is 0 Å². The second-order valence-electron chi connectivity index (χ2n) is 5.71. The molecular weight excluding hydrogens is 358 g/mol. The fourth-order valence-corrected chi connectivity index (χ4v) is 4.17. The maximum Gasteiger partial charge on any atom is 0.248 e. The Morgan fingerprint density at radius 3 is 2.28 bits per heavy atom. The molecule has 0 radical (unpaired) electrons. The molecule has 126 valence electrons. The van der Waals surface area contributed by atoms with Crippen molar-refractivity contribution in [3.05, 3.63) is 48.0 Å². The van der Waals surface area contributed by atoms with Crippen LogP contribution in [-0.2, 0) is 9.84 Å². The third-order valence-electron chi connectivity index (χ3n) is 3.66. The molecule has 25 heavy (non-hydrogen) atoms. The van der Waals surface area contributed by atoms with Crippen molar-refractivity contribution < 1.29 is 12.8 Å². The fourth-order valence-electron chi connectivity index (χ4n) is 2.35. The average Bonchev–Trinajstić information content (AvgIpc) is 3.21. The lowest BCUT2D eigenvalue weighted by Crippen LogP contribution is -1.94. The van der Waals surface area contributed by atoms with Crippen molar-refractivity contribution in [1.29, 1.82) is 0 Å². The Bertz CT molecular complexity index is 1180. The summed E-state index contributed by atoms with van der Waals surface area (Å²) in [7, 11) is -3.32. The van der Waals surface area contributed by atoms with Crippen LogP contribution in [-0.4, -0.2) is 29.9 Å². The van der Waals surface area contributed by atoms with Crippen LogP contribution in [0.1, 0.15) is 5.56 Å². The highest BCUT2D eigenvalue weighted by molar-refractivity contribution is 7.92. The minimum absolute atomic E-state index is 0.102. The number of hydrogen-bond donors (Lipinski definition) is 0. The summed E-state index contributed by atoms with van der Waals surface area (Å²) in [6.07, 6.45) is 1.15. The Kier molecular flexibility index (Phi) is 3.66. The minimum atomic E-state index is -3.32. The van der Waals surface area contributed by atoms with Crippen molar-refractivity contribution in [2.75, 3.05) is 6.26 Å². The summed E-state index contributed by atoms with van der Waals surface area (Å²) in [5.74, 6) is 0.802. The molecule has 0 saturated carbocycles. The Morgan fingerprint density at radius 2 is 1.60 bits per heavy atom. The van der Waals surface area contributed by atoms with Gasteiger partial charge in [-0.15, -0.1) is 21.5 Å². The van der Waals surface area contributed by atoms with Crippen molar-refractivity contribution in [2.45, 2.75) is 11.3 Å². The Morgan fingerprint density at radius 1 is 0.960 bits per heavy atom. The number of thiazole rings is 1. The smallest absolute Gasteiger partial charge is 0.248 e. The molecule has 0 spiro atoms. The zero-order chi connectivity index (χ0) is 17.6. The van der Waals surface area contributed by atoms with E-state index in [9.17, 15) is 8.42 Å². The second-order valence-corrected chi connectivity index (χ2v) is 8.93. The Balaban J connectivity index is 1.73. The van der Waals surface area contributed by atoms with Gasteiger partial charge in [-0.25, -0.2) is 13.4 Å². The number of hydrogen-bond acceptors (Lipinski definition) is 7. The summed E-state index contributed by atoms with van der Waals surface area (Å²) < 4.78 is 29.9. The monoisotopic (exact) mass is 371 g/mol. The fraction of sp³-hybridized carbons (Fsp3) is 0.118. The molecule has 8 heteroatoms. The number of benzene rings is 2. The van der Waals surface area contributed by atoms with Gasteiger partial charge in [0.25, 0.3) is 0 Å². The highest BCUT2D eigenvalue weighted by Gasteiger charge is 2.16. The summed E-state index contributed by atoms with van der Waals surface area (Å²) >= 11 is 1.15. The molecule has 4 aromatic rings. The lowest BCUT2D eigenvalue weighted by Gasteiger charge is -1.96. The van der Waals surface area contributed by atoms with Crippen molar-refractivity contribution >= 4 is 31.4 Å². The number of fused-ring (bicyclic) bond motifs is 1. The number of sulfone groups is 1. The number of rotatable bonds is 3. The van der Waals surface area contributed by atoms with Gasteiger partial charge in [0, 0.05) is 17.4 Å². The highest BCUT2D eigenvalue weighted by Crippen LogP contribution is 2.30. The molecule has 0 atom stereocenters. The molecule has 0 fully saturated rings. The molecule has 2 aromatic carbocycles. The molecule has 6 nitrogen and oxygen atoms in total. The first-order valence-corrected chi connectivity index (χ1v) is 10.1. The van der Waals surface area contributed by atoms with E-state index >= 15 is 0 Å². The van der Waals surface area contributed by atoms with E-state index in [1.807, 2.05) is 43.3 Å². The first kappa shape index (κ1) is 15.9. The standard InChI is InChI=1S/C17H13N3O3S2/c1-10-3-5-11(6-4-10)15-19-20-16(23-15)12-7-8-14-13(9-12)18-17(24-14)25(2,21)22/h3-9H,1-2H3. The summed E-state index contributed by atoms with van der Waals surface area (Å²) in [6, 6.07) is 13.2. The molecular formula is C17H13N3O3S2. The molecule has 0 aliphatic heterocycles. The SMILES string of the molecule is Cc1ccc(-c2nnc(-c3ccc4sc(S(C)(=O)=O)nc4c3)o2)cc1. The van der Waals surface area contributed by atoms with Crippen molar-refractivity contribution in [2.24, 2.45) is 0 Å². The lowest BCUT2D eigenvalue weighted by molar-refractivity contribution is 0.584. The van der Waals surface area contributed by atoms with Crippen LogP contribution in [0.15, 0.2) is 51.2 Å². The molecule has 4 rings (SSSR count). The first-order chi connectivity index (χ1) is 11.9. The van der Waals surface area contributed by atoms with E-state index < -0.39 is 9.84 Å². The maximum absolute atomic E-state index is 11.6. The third kappa shape index (κ3) is 3.06. The van der Waals surface area contributed by atoms with E-state index in [0.29, 0.717) is 22.9 Å². The normalized spacial score (nSPS) is 11.9. The highest BCUT2D eigenvalue weighted by atomic mass is 32.2. The topological polar surface area (TPSA) is 86.0 Å². The number of aryl methyl sites for hydroxylation is 1. The van der Waals surface area contributed by atoms with E-state index in [1.54, 1.807) is 6.07 Å². The zero-order valence-electron chi connectivity index (χ0n) is 13.4. The van der Waals surface area contributed by atoms with Gasteiger partial charge < -0.3 is 4.42 Å². The average molecular weight is 371 g/mol. The molecule has 0 N–H and O–H groups in total. The maximum atomic E-state index is 11.6. The molecule has 2 heterocycles. The minimum Gasteiger partial charge on any atom is -0.416 e. The van der Waals surface area contributed by atoms with Crippen molar-refractivity contribution in [3.63, 3.8) is 0 Å². The van der Waals surface area contributed by atoms with Crippen molar-refractivity contribution in [3.8, 4) is 22.9 Å². The predicted molar refractivity (Wildman–Crippen MR) is 96.2 cm³/mol. The summed E-state index contributed by atoms with van der Waals surface area (Å²) in [5, 5.41) is 8.17. The van der Waals surface area contributed by atoms with Gasteiger partial charge in [0.05, 0.1) is 10.2 Å². The van der Waals surface area contributed by atoms with E-state index in [-0.39, 0.29) is 4.34 Å². The Hall–Kier alpha value is -2.58. The van der Waals surface area contributed by atoms with Crippen molar-refractivity contribution in [1.82, 2.24) is 15.2 Å². The van der Waals surface area contributed by atoms with Gasteiger partial charge in [-0.3, -0.25) is 0 Å². The van der Waals surface area contributed by atoms with Gasteiger partial charge in [-0.05, 0) is 37.3 Å². The van der Waals surface area contributed by atoms with Gasteiger partial charge in [-0.1, -0.05) is 17.7 Å². The molecule has 0 amide bonds. The number of aromatic nitrogens is 3. The van der Waals surface area contributed by atoms with Gasteiger partial charge in [-0.2, -0.15) is 0 Å². The van der Waals surface area contributed by atoms with E-state index in [0.717, 1.165) is 33.4 Å². The van der Waals surface area contributed by atoms with Gasteiger partial charge in [0.15, 0.2) is 0 Å². The number of nitrogens with zero attached hydrogens (tertiary/aromatic N) is 3. The van der Waals surface area contributed by atoms with E-state index in [4.69, 9.17) is 4.42 Å². The third-order valence-corrected chi connectivity index (χ3v) is 6.37. The first-order valence-electron chi connectivity index (χ1n) is 7.42. The predicted octanol–water partition coefficient (Wildman–Crippen LogP) is 3.73. The van der Waals surface area contributed by atoms with Crippen LogP contribution in [0, 0.1) is 6.92 Å². The molecule has 0 aliphatic carbocycles. The van der Waals surface area contributed by atoms with E-state index in [1.165, 1.54) is 0 Å². The lowest BCUT2D eigenvalue weighted by atomic mass is 10.1. The van der Waals surface area contributed by atoms with Crippen LogP contribution in [0.3, 0.4) is 0 Å². The zero-order valence-corrected chi connectivity index (χ0v) is 15.1. The van der Waals surface area contributed by atoms with Crippen LogP contribution in [0.25, 0.3) is 33.1 Å². The van der Waals surface area contributed by atoms with Gasteiger partial charge in [0.2, 0.25) is 26.0 Å². The molecule has 2 aromatic heterocycles. The summed E-state index contributed by atoms with van der Waals surface area (Å²) in [5.41, 5.74) is 3.29. The van der Waals surface area contributed by atoms with Gasteiger partial charge in [0.1, 0.15) is 0 Å². The molecule has 0 unspecified atom stereocenters. The van der Waals surface area contributed by atoms with Crippen LogP contribution < -0.4 is 0 Å². The molecule has 0 bridgehead atoms. The summed E-state index contributed by atoms with van der Waals surface area (Å²) in [6.45, 7) is 2.01. The molecule has 0 saturated heterocycles. The van der Waals surface area contributed by atoms with Crippen LogP contribution in [0.2, 0.25) is 0 Å². The summed E-state index contributed by atoms with van der Waals surface area (Å²) in [4.78, 5) is 4.19. The Labute approximate surface area is 148 Å². The largest absolute Gasteiger partial charge is 0.416 e. The van der Waals surface area contributed by atoms with Crippen LogP contribution in [0.4, 0.5) is 0 Å². The van der Waals surface area contributed by atoms with Gasteiger partial charge >= 0.3 is 0 Å². The van der Waals surface area contributed by atoms with Crippen LogP contribution >= 0.6 is 11.3 Å². The molecule has 0 aliphatic rings. The van der Waals surface area contributed by atoms with E-state index in [2.05, 4.69) is 15.2 Å². The quantitative estimate of drug-likeness (QED) is 0.545. The second kappa shape index (κ2) is 5.75.